The molecule has 1 saturated heterocycles. The molecule has 1 aliphatic heterocycles. The molecule has 1 aliphatic rings. The van der Waals surface area contributed by atoms with Crippen LogP contribution in [0.3, 0.4) is 0 Å². The van der Waals surface area contributed by atoms with Gasteiger partial charge in [0.05, 0.1) is 22.4 Å². The van der Waals surface area contributed by atoms with Crippen LogP contribution in [-0.4, -0.2) is 50.2 Å². The quantitative estimate of drug-likeness (QED) is 0.785. The summed E-state index contributed by atoms with van der Waals surface area (Å²) in [6, 6.07) is 9.29. The zero-order chi connectivity index (χ0) is 21.1. The van der Waals surface area contributed by atoms with Gasteiger partial charge in [0.2, 0.25) is 11.8 Å². The smallest absolute Gasteiger partial charge is 0.295 e. The molecule has 0 aliphatic carbocycles. The number of para-hydroxylation sites is 1. The summed E-state index contributed by atoms with van der Waals surface area (Å²) in [7, 11) is 1.78. The van der Waals surface area contributed by atoms with Crippen molar-refractivity contribution in [2.75, 3.05) is 24.2 Å². The minimum Gasteiger partial charge on any atom is -0.342 e. The van der Waals surface area contributed by atoms with Gasteiger partial charge < -0.3 is 10.2 Å². The number of carbonyl (C=O) groups is 2. The normalized spacial score (nSPS) is 17.4. The molecule has 1 N–H and O–H groups in total. The Kier molecular flexibility index (Phi) is 6.52. The molecule has 1 aromatic carbocycles. The monoisotopic (exact) mass is 416 g/mol. The van der Waals surface area contributed by atoms with E-state index in [2.05, 4.69) is 12.2 Å². The fraction of sp³-hybridized carbons (Fsp3) is 0.476. The Hall–Kier alpha value is -2.48. The van der Waals surface area contributed by atoms with Gasteiger partial charge in [-0.1, -0.05) is 25.1 Å². The number of nitrogens with one attached hydrogen (secondary N) is 1. The molecule has 0 saturated carbocycles. The van der Waals surface area contributed by atoms with Crippen LogP contribution in [0.15, 0.2) is 35.1 Å². The predicted molar refractivity (Wildman–Crippen MR) is 117 cm³/mol. The second-order valence-corrected chi connectivity index (χ2v) is 8.94. The summed E-state index contributed by atoms with van der Waals surface area (Å²) in [6.45, 7) is 7.28. The molecular formula is C21H28N4O3S. The average Bonchev–Trinajstić information content (AvgIpc) is 3.23. The van der Waals surface area contributed by atoms with Gasteiger partial charge >= 0.3 is 0 Å². The molecule has 8 heteroatoms. The zero-order valence-electron chi connectivity index (χ0n) is 17.3. The van der Waals surface area contributed by atoms with Crippen LogP contribution in [0.25, 0.3) is 5.69 Å². The topological polar surface area (TPSA) is 76.3 Å². The van der Waals surface area contributed by atoms with Gasteiger partial charge in [-0.2, -0.15) is 0 Å². The maximum absolute atomic E-state index is 12.9. The summed E-state index contributed by atoms with van der Waals surface area (Å²) in [6.07, 6.45) is 1.04. The minimum absolute atomic E-state index is 0.0707. The number of aromatic nitrogens is 2. The maximum Gasteiger partial charge on any atom is 0.295 e. The molecular weight excluding hydrogens is 388 g/mol. The first kappa shape index (κ1) is 21.2. The lowest BCUT2D eigenvalue weighted by atomic mass is 10.2. The van der Waals surface area contributed by atoms with Crippen LogP contribution in [0, 0.1) is 12.8 Å². The van der Waals surface area contributed by atoms with Crippen LogP contribution in [0.2, 0.25) is 0 Å². The lowest BCUT2D eigenvalue weighted by molar-refractivity contribution is -0.127. The van der Waals surface area contributed by atoms with E-state index in [0.717, 1.165) is 25.2 Å². The Labute approximate surface area is 175 Å². The molecule has 2 aromatic rings. The van der Waals surface area contributed by atoms with Crippen LogP contribution < -0.4 is 10.9 Å². The third-order valence-electron chi connectivity index (χ3n) is 5.41. The molecule has 3 rings (SSSR count). The van der Waals surface area contributed by atoms with Crippen molar-refractivity contribution < 1.29 is 9.59 Å². The van der Waals surface area contributed by atoms with E-state index in [1.165, 1.54) is 16.4 Å². The number of anilines is 1. The summed E-state index contributed by atoms with van der Waals surface area (Å²) in [5.41, 5.74) is 1.40. The highest BCUT2D eigenvalue weighted by molar-refractivity contribution is 8.01. The summed E-state index contributed by atoms with van der Waals surface area (Å²) in [5, 5.41) is 2.33. The SMILES string of the molecule is Cc1c(NC(=O)C(C)SCC(=O)N2CCC(C)C2)c(=O)n(-c2ccccc2)n1C. The first-order valence-electron chi connectivity index (χ1n) is 9.83. The van der Waals surface area contributed by atoms with Gasteiger partial charge in [0, 0.05) is 20.1 Å². The maximum atomic E-state index is 12.9. The predicted octanol–water partition coefficient (Wildman–Crippen LogP) is 2.41. The summed E-state index contributed by atoms with van der Waals surface area (Å²) in [5.74, 6) is 0.603. The minimum atomic E-state index is -0.442. The highest BCUT2D eigenvalue weighted by Crippen LogP contribution is 2.20. The molecule has 156 valence electrons. The standard InChI is InChI=1S/C21H28N4O3S/c1-14-10-11-24(12-14)18(26)13-29-16(3)20(27)22-19-15(2)23(4)25(21(19)28)17-8-6-5-7-9-17/h5-9,14,16H,10-13H2,1-4H3,(H,22,27). The van der Waals surface area contributed by atoms with Crippen molar-refractivity contribution in [2.24, 2.45) is 13.0 Å². The lowest BCUT2D eigenvalue weighted by Gasteiger charge is -2.17. The van der Waals surface area contributed by atoms with E-state index in [9.17, 15) is 14.4 Å². The van der Waals surface area contributed by atoms with Gasteiger partial charge in [-0.25, -0.2) is 4.68 Å². The highest BCUT2D eigenvalue weighted by atomic mass is 32.2. The molecule has 1 aromatic heterocycles. The second kappa shape index (κ2) is 8.90. The molecule has 0 spiro atoms. The number of rotatable bonds is 6. The van der Waals surface area contributed by atoms with E-state index in [-0.39, 0.29) is 28.8 Å². The highest BCUT2D eigenvalue weighted by Gasteiger charge is 2.25. The molecule has 0 radical (unpaired) electrons. The molecule has 29 heavy (non-hydrogen) atoms. The van der Waals surface area contributed by atoms with E-state index in [1.54, 1.807) is 25.6 Å². The molecule has 2 atom stereocenters. The third kappa shape index (κ3) is 4.58. The summed E-state index contributed by atoms with van der Waals surface area (Å²) < 4.78 is 3.25. The summed E-state index contributed by atoms with van der Waals surface area (Å²) >= 11 is 1.30. The Bertz CT molecular complexity index is 951. The van der Waals surface area contributed by atoms with Gasteiger partial charge in [-0.15, -0.1) is 11.8 Å². The molecule has 2 unspecified atom stereocenters. The van der Waals surface area contributed by atoms with Crippen LogP contribution in [0.5, 0.6) is 0 Å². The average molecular weight is 417 g/mol. The van der Waals surface area contributed by atoms with Gasteiger partial charge in [-0.05, 0) is 38.3 Å². The molecule has 0 bridgehead atoms. The van der Waals surface area contributed by atoms with Crippen molar-refractivity contribution in [1.29, 1.82) is 0 Å². The van der Waals surface area contributed by atoms with Crippen molar-refractivity contribution in [3.63, 3.8) is 0 Å². The Balaban J connectivity index is 1.66. The second-order valence-electron chi connectivity index (χ2n) is 7.61. The van der Waals surface area contributed by atoms with E-state index >= 15 is 0 Å². The molecule has 2 heterocycles. The van der Waals surface area contributed by atoms with Crippen LogP contribution in [-0.2, 0) is 16.6 Å². The van der Waals surface area contributed by atoms with Crippen LogP contribution in [0.4, 0.5) is 5.69 Å². The van der Waals surface area contributed by atoms with Gasteiger partial charge in [-0.3, -0.25) is 19.1 Å². The first-order chi connectivity index (χ1) is 13.8. The number of nitrogens with zero attached hydrogens (tertiary/aromatic N) is 3. The van der Waals surface area contributed by atoms with Crippen molar-refractivity contribution in [3.8, 4) is 5.69 Å². The number of hydrogen-bond acceptors (Lipinski definition) is 4. The molecule has 1 fully saturated rings. The van der Waals surface area contributed by atoms with Crippen molar-refractivity contribution in [3.05, 3.63) is 46.4 Å². The number of amides is 2. The Morgan fingerprint density at radius 2 is 1.97 bits per heavy atom. The lowest BCUT2D eigenvalue weighted by Crippen LogP contribution is -2.32. The van der Waals surface area contributed by atoms with Crippen molar-refractivity contribution >= 4 is 29.3 Å². The van der Waals surface area contributed by atoms with Crippen molar-refractivity contribution in [1.82, 2.24) is 14.3 Å². The van der Waals surface area contributed by atoms with Crippen LogP contribution >= 0.6 is 11.8 Å². The van der Waals surface area contributed by atoms with E-state index in [4.69, 9.17) is 0 Å². The molecule has 7 nitrogen and oxygen atoms in total. The van der Waals surface area contributed by atoms with Gasteiger partial charge in [0.1, 0.15) is 5.69 Å². The Morgan fingerprint density at radius 1 is 1.28 bits per heavy atom. The van der Waals surface area contributed by atoms with Crippen molar-refractivity contribution in [2.45, 2.75) is 32.4 Å². The van der Waals surface area contributed by atoms with E-state index in [0.29, 0.717) is 11.6 Å². The van der Waals surface area contributed by atoms with Gasteiger partial charge in [0.25, 0.3) is 5.56 Å². The fourth-order valence-corrected chi connectivity index (χ4v) is 4.25. The number of thioether (sulfide) groups is 1. The first-order valence-corrected chi connectivity index (χ1v) is 10.9. The fourth-order valence-electron chi connectivity index (χ4n) is 3.46. The van der Waals surface area contributed by atoms with E-state index < -0.39 is 5.25 Å². The zero-order valence-corrected chi connectivity index (χ0v) is 18.2. The number of benzene rings is 1. The Morgan fingerprint density at radius 3 is 2.59 bits per heavy atom. The number of carbonyl (C=O) groups excluding carboxylic acids is 2. The molecule has 2 amide bonds. The largest absolute Gasteiger partial charge is 0.342 e. The van der Waals surface area contributed by atoms with Crippen LogP contribution in [0.1, 0.15) is 26.0 Å². The third-order valence-corrected chi connectivity index (χ3v) is 6.53. The number of likely N-dealkylation sites (tertiary alicyclic amines) is 1. The van der Waals surface area contributed by atoms with E-state index in [1.807, 2.05) is 35.2 Å². The van der Waals surface area contributed by atoms with Gasteiger partial charge in [0.15, 0.2) is 0 Å². The summed E-state index contributed by atoms with van der Waals surface area (Å²) in [4.78, 5) is 39.7. The number of hydrogen-bond donors (Lipinski definition) is 1.